The molecule has 6 nitrogen and oxygen atoms in total. The van der Waals surface area contributed by atoms with Gasteiger partial charge in [-0.25, -0.2) is 4.98 Å². The number of nitrogens with zero attached hydrogens (tertiary/aromatic N) is 3. The fourth-order valence-electron chi connectivity index (χ4n) is 2.59. The fourth-order valence-corrected chi connectivity index (χ4v) is 2.59. The van der Waals surface area contributed by atoms with Crippen LogP contribution >= 0.6 is 0 Å². The average Bonchev–Trinajstić information content (AvgIpc) is 2.76. The van der Waals surface area contributed by atoms with E-state index in [1.807, 2.05) is 11.6 Å². The molecule has 0 saturated heterocycles. The number of nitrogens with one attached hydrogen (secondary N) is 1. The Labute approximate surface area is 125 Å². The highest BCUT2D eigenvalue weighted by atomic mass is 16.2. The van der Waals surface area contributed by atoms with Gasteiger partial charge in [0.05, 0.1) is 17.7 Å². The Hall–Kier alpha value is -1.85. The van der Waals surface area contributed by atoms with E-state index in [0.717, 1.165) is 11.4 Å². The predicted octanol–water partition coefficient (Wildman–Crippen LogP) is 1.03. The standard InChI is InChI=1S/C15H24N4O2/c1-10(20)19-7-6-11-12(18(5)9-17-11)13(19)14(21)16-8-15(2,3)4/h9,13H,6-8H2,1-5H3,(H,16,21). The van der Waals surface area contributed by atoms with Crippen LogP contribution in [0.1, 0.15) is 45.1 Å². The van der Waals surface area contributed by atoms with Gasteiger partial charge in [-0.1, -0.05) is 20.8 Å². The second-order valence-corrected chi connectivity index (χ2v) is 6.83. The Balaban J connectivity index is 2.29. The summed E-state index contributed by atoms with van der Waals surface area (Å²) in [5.74, 6) is -0.220. The maximum atomic E-state index is 12.6. The predicted molar refractivity (Wildman–Crippen MR) is 79.5 cm³/mol. The molecule has 1 N–H and O–H groups in total. The second-order valence-electron chi connectivity index (χ2n) is 6.83. The Bertz CT molecular complexity index is 557. The number of aromatic nitrogens is 2. The second kappa shape index (κ2) is 5.50. The van der Waals surface area contributed by atoms with E-state index < -0.39 is 6.04 Å². The minimum atomic E-state index is -0.582. The first-order chi connectivity index (χ1) is 9.70. The number of carbonyl (C=O) groups is 2. The summed E-state index contributed by atoms with van der Waals surface area (Å²) < 4.78 is 1.84. The maximum Gasteiger partial charge on any atom is 0.249 e. The van der Waals surface area contributed by atoms with Crippen molar-refractivity contribution in [2.24, 2.45) is 12.5 Å². The van der Waals surface area contributed by atoms with Crippen LogP contribution in [-0.4, -0.2) is 39.4 Å². The minimum Gasteiger partial charge on any atom is -0.353 e. The number of aryl methyl sites for hydroxylation is 1. The molecule has 1 aliphatic rings. The molecule has 0 aliphatic carbocycles. The molecule has 1 aromatic heterocycles. The molecular weight excluding hydrogens is 268 g/mol. The van der Waals surface area contributed by atoms with Gasteiger partial charge in [-0.15, -0.1) is 0 Å². The van der Waals surface area contributed by atoms with Gasteiger partial charge in [-0.05, 0) is 5.41 Å². The molecule has 0 aromatic carbocycles. The fraction of sp³-hybridized carbons (Fsp3) is 0.667. The lowest BCUT2D eigenvalue weighted by molar-refractivity contribution is -0.140. The quantitative estimate of drug-likeness (QED) is 0.885. The van der Waals surface area contributed by atoms with Crippen LogP contribution in [0.5, 0.6) is 0 Å². The maximum absolute atomic E-state index is 12.6. The summed E-state index contributed by atoms with van der Waals surface area (Å²) in [6, 6.07) is -0.582. The number of fused-ring (bicyclic) bond motifs is 1. The van der Waals surface area contributed by atoms with Gasteiger partial charge in [0.1, 0.15) is 0 Å². The van der Waals surface area contributed by atoms with Gasteiger partial charge in [0, 0.05) is 33.5 Å². The van der Waals surface area contributed by atoms with Crippen molar-refractivity contribution in [2.75, 3.05) is 13.1 Å². The van der Waals surface area contributed by atoms with Gasteiger partial charge in [0.15, 0.2) is 6.04 Å². The molecule has 0 fully saturated rings. The molecule has 0 spiro atoms. The normalized spacial score (nSPS) is 18.3. The summed E-state index contributed by atoms with van der Waals surface area (Å²) in [6.07, 6.45) is 2.40. The molecule has 1 atom stereocenters. The van der Waals surface area contributed by atoms with E-state index in [2.05, 4.69) is 31.1 Å². The van der Waals surface area contributed by atoms with E-state index in [4.69, 9.17) is 0 Å². The van der Waals surface area contributed by atoms with Crippen molar-refractivity contribution >= 4 is 11.8 Å². The summed E-state index contributed by atoms with van der Waals surface area (Å²) in [4.78, 5) is 30.5. The highest BCUT2D eigenvalue weighted by Gasteiger charge is 2.37. The Morgan fingerprint density at radius 1 is 1.43 bits per heavy atom. The molecule has 2 amide bonds. The lowest BCUT2D eigenvalue weighted by Crippen LogP contribution is -2.48. The van der Waals surface area contributed by atoms with Gasteiger partial charge in [-0.2, -0.15) is 0 Å². The first-order valence-electron chi connectivity index (χ1n) is 7.26. The molecular formula is C15H24N4O2. The first-order valence-corrected chi connectivity index (χ1v) is 7.26. The Kier molecular flexibility index (Phi) is 4.07. The molecule has 1 unspecified atom stereocenters. The number of hydrogen-bond donors (Lipinski definition) is 1. The van der Waals surface area contributed by atoms with E-state index in [-0.39, 0.29) is 17.2 Å². The van der Waals surface area contributed by atoms with Crippen molar-refractivity contribution in [2.45, 2.75) is 40.2 Å². The zero-order valence-electron chi connectivity index (χ0n) is 13.4. The third-order valence-electron chi connectivity index (χ3n) is 3.67. The zero-order chi connectivity index (χ0) is 15.8. The number of amides is 2. The van der Waals surface area contributed by atoms with Crippen molar-refractivity contribution in [1.29, 1.82) is 0 Å². The summed E-state index contributed by atoms with van der Waals surface area (Å²) in [7, 11) is 1.86. The van der Waals surface area contributed by atoms with Crippen molar-refractivity contribution < 1.29 is 9.59 Å². The third kappa shape index (κ3) is 3.25. The number of rotatable bonds is 2. The van der Waals surface area contributed by atoms with Crippen LogP contribution < -0.4 is 5.32 Å². The molecule has 0 saturated carbocycles. The molecule has 116 valence electrons. The van der Waals surface area contributed by atoms with Crippen LogP contribution in [0.4, 0.5) is 0 Å². The number of hydrogen-bond acceptors (Lipinski definition) is 3. The molecule has 6 heteroatoms. The average molecular weight is 292 g/mol. The summed E-state index contributed by atoms with van der Waals surface area (Å²) in [5, 5.41) is 2.96. The largest absolute Gasteiger partial charge is 0.353 e. The Morgan fingerprint density at radius 3 is 2.67 bits per heavy atom. The smallest absolute Gasteiger partial charge is 0.249 e. The van der Waals surface area contributed by atoms with E-state index >= 15 is 0 Å². The van der Waals surface area contributed by atoms with Gasteiger partial charge < -0.3 is 14.8 Å². The minimum absolute atomic E-state index is 0.000664. The van der Waals surface area contributed by atoms with Crippen LogP contribution in [0.2, 0.25) is 0 Å². The van der Waals surface area contributed by atoms with Gasteiger partial charge in [0.2, 0.25) is 11.8 Å². The van der Waals surface area contributed by atoms with E-state index in [0.29, 0.717) is 19.5 Å². The topological polar surface area (TPSA) is 67.2 Å². The summed E-state index contributed by atoms with van der Waals surface area (Å²) in [6.45, 7) is 8.80. The lowest BCUT2D eigenvalue weighted by atomic mass is 9.96. The zero-order valence-corrected chi connectivity index (χ0v) is 13.4. The van der Waals surface area contributed by atoms with Crippen LogP contribution in [0.25, 0.3) is 0 Å². The molecule has 2 heterocycles. The van der Waals surface area contributed by atoms with Gasteiger partial charge in [-0.3, -0.25) is 9.59 Å². The van der Waals surface area contributed by atoms with Crippen molar-refractivity contribution in [3.05, 3.63) is 17.7 Å². The van der Waals surface area contributed by atoms with Crippen molar-refractivity contribution in [3.8, 4) is 0 Å². The first kappa shape index (κ1) is 15.5. The number of imidazole rings is 1. The van der Waals surface area contributed by atoms with Crippen molar-refractivity contribution in [1.82, 2.24) is 19.8 Å². The molecule has 21 heavy (non-hydrogen) atoms. The number of carbonyl (C=O) groups excluding carboxylic acids is 2. The van der Waals surface area contributed by atoms with Crippen LogP contribution in [-0.2, 0) is 23.1 Å². The molecule has 0 radical (unpaired) electrons. The van der Waals surface area contributed by atoms with Gasteiger partial charge >= 0.3 is 0 Å². The van der Waals surface area contributed by atoms with E-state index in [1.54, 1.807) is 11.2 Å². The molecule has 1 aromatic rings. The van der Waals surface area contributed by atoms with Gasteiger partial charge in [0.25, 0.3) is 0 Å². The van der Waals surface area contributed by atoms with E-state index in [1.165, 1.54) is 6.92 Å². The monoisotopic (exact) mass is 292 g/mol. The highest BCUT2D eigenvalue weighted by molar-refractivity contribution is 5.88. The van der Waals surface area contributed by atoms with Crippen LogP contribution in [0, 0.1) is 5.41 Å². The van der Waals surface area contributed by atoms with E-state index in [9.17, 15) is 9.59 Å². The highest BCUT2D eigenvalue weighted by Crippen LogP contribution is 2.29. The van der Waals surface area contributed by atoms with Crippen LogP contribution in [0.3, 0.4) is 0 Å². The Morgan fingerprint density at radius 2 is 2.10 bits per heavy atom. The molecule has 2 rings (SSSR count). The summed E-state index contributed by atoms with van der Waals surface area (Å²) >= 11 is 0. The SMILES string of the molecule is CC(=O)N1CCc2ncn(C)c2C1C(=O)NCC(C)(C)C. The van der Waals surface area contributed by atoms with Crippen molar-refractivity contribution in [3.63, 3.8) is 0 Å². The lowest BCUT2D eigenvalue weighted by Gasteiger charge is -2.35. The molecule has 0 bridgehead atoms. The molecule has 1 aliphatic heterocycles. The van der Waals surface area contributed by atoms with Crippen LogP contribution in [0.15, 0.2) is 6.33 Å². The third-order valence-corrected chi connectivity index (χ3v) is 3.67. The summed E-state index contributed by atoms with van der Waals surface area (Å²) in [5.41, 5.74) is 1.73.